The van der Waals surface area contributed by atoms with Crippen LogP contribution in [-0.2, 0) is 10.9 Å². The molecular formula is C19H17F5N4O2. The predicted octanol–water partition coefficient (Wildman–Crippen LogP) is 4.61. The van der Waals surface area contributed by atoms with E-state index in [9.17, 15) is 22.0 Å². The molecule has 30 heavy (non-hydrogen) atoms. The largest absolute Gasteiger partial charge is 0.434 e. The van der Waals surface area contributed by atoms with Gasteiger partial charge in [0, 0.05) is 18.4 Å². The molecule has 1 atom stereocenters. The summed E-state index contributed by atoms with van der Waals surface area (Å²) in [6.07, 6.45) is -1.22. The molecule has 1 aliphatic rings. The number of hydrogen-bond donors (Lipinski definition) is 1. The smallest absolute Gasteiger partial charge is 0.416 e. The van der Waals surface area contributed by atoms with Crippen molar-refractivity contribution in [2.24, 2.45) is 0 Å². The fraction of sp³-hybridized carbons (Fsp3) is 0.368. The number of halogens is 5. The van der Waals surface area contributed by atoms with Crippen molar-refractivity contribution in [1.29, 1.82) is 0 Å². The maximum atomic E-state index is 13.0. The van der Waals surface area contributed by atoms with Crippen LogP contribution in [0.4, 0.5) is 27.9 Å². The highest BCUT2D eigenvalue weighted by molar-refractivity contribution is 5.81. The van der Waals surface area contributed by atoms with Gasteiger partial charge in [-0.05, 0) is 43.2 Å². The minimum Gasteiger partial charge on any atom is -0.434 e. The Morgan fingerprint density at radius 1 is 1.20 bits per heavy atom. The minimum absolute atomic E-state index is 0.0213. The number of rotatable bonds is 5. The average molecular weight is 428 g/mol. The lowest BCUT2D eigenvalue weighted by Crippen LogP contribution is -2.31. The summed E-state index contributed by atoms with van der Waals surface area (Å²) in [5, 5.41) is 11.4. The van der Waals surface area contributed by atoms with Crippen molar-refractivity contribution in [3.05, 3.63) is 42.1 Å². The molecule has 11 heteroatoms. The van der Waals surface area contributed by atoms with Gasteiger partial charge in [-0.15, -0.1) is 10.2 Å². The van der Waals surface area contributed by atoms with Gasteiger partial charge in [0.05, 0.1) is 23.7 Å². The Bertz CT molecular complexity index is 1030. The van der Waals surface area contributed by atoms with Crippen LogP contribution in [0, 0.1) is 0 Å². The van der Waals surface area contributed by atoms with Crippen molar-refractivity contribution in [1.82, 2.24) is 14.6 Å². The first-order valence-electron chi connectivity index (χ1n) is 9.17. The number of aromatic nitrogens is 3. The zero-order valence-corrected chi connectivity index (χ0v) is 15.5. The van der Waals surface area contributed by atoms with Gasteiger partial charge in [-0.1, -0.05) is 0 Å². The summed E-state index contributed by atoms with van der Waals surface area (Å²) < 4.78 is 76.2. The van der Waals surface area contributed by atoms with E-state index in [4.69, 9.17) is 4.74 Å². The minimum atomic E-state index is -4.70. The molecule has 0 saturated carbocycles. The first-order valence-corrected chi connectivity index (χ1v) is 9.17. The van der Waals surface area contributed by atoms with Gasteiger partial charge in [0.1, 0.15) is 11.4 Å². The molecule has 2 aromatic heterocycles. The molecule has 0 unspecified atom stereocenters. The lowest BCUT2D eigenvalue weighted by molar-refractivity contribution is -0.138. The van der Waals surface area contributed by atoms with Gasteiger partial charge < -0.3 is 14.8 Å². The van der Waals surface area contributed by atoms with E-state index in [1.54, 1.807) is 22.7 Å². The van der Waals surface area contributed by atoms with Crippen LogP contribution >= 0.6 is 0 Å². The molecule has 4 rings (SSSR count). The zero-order chi connectivity index (χ0) is 21.3. The van der Waals surface area contributed by atoms with E-state index in [0.717, 1.165) is 25.0 Å². The molecule has 1 N–H and O–H groups in total. The number of ether oxygens (including phenoxy) is 2. The Morgan fingerprint density at radius 3 is 2.73 bits per heavy atom. The van der Waals surface area contributed by atoms with Gasteiger partial charge in [-0.2, -0.15) is 22.0 Å². The third kappa shape index (κ3) is 4.16. The van der Waals surface area contributed by atoms with Crippen molar-refractivity contribution in [3.8, 4) is 17.0 Å². The summed E-state index contributed by atoms with van der Waals surface area (Å²) in [7, 11) is 0. The van der Waals surface area contributed by atoms with Crippen molar-refractivity contribution in [2.75, 3.05) is 18.5 Å². The molecule has 0 spiro atoms. The van der Waals surface area contributed by atoms with E-state index < -0.39 is 24.1 Å². The van der Waals surface area contributed by atoms with E-state index in [0.29, 0.717) is 30.7 Å². The lowest BCUT2D eigenvalue weighted by Gasteiger charge is -2.24. The molecule has 160 valence electrons. The summed E-state index contributed by atoms with van der Waals surface area (Å²) in [5.74, 6) is -0.212. The van der Waals surface area contributed by atoms with E-state index in [-0.39, 0.29) is 17.3 Å². The molecule has 1 saturated heterocycles. The van der Waals surface area contributed by atoms with Crippen LogP contribution in [0.1, 0.15) is 18.4 Å². The Hall–Kier alpha value is -2.95. The van der Waals surface area contributed by atoms with Gasteiger partial charge in [0.2, 0.25) is 5.95 Å². The van der Waals surface area contributed by atoms with E-state index in [1.165, 1.54) is 0 Å². The van der Waals surface area contributed by atoms with Crippen molar-refractivity contribution in [3.63, 3.8) is 0 Å². The summed E-state index contributed by atoms with van der Waals surface area (Å²) >= 11 is 0. The van der Waals surface area contributed by atoms with E-state index in [2.05, 4.69) is 20.3 Å². The van der Waals surface area contributed by atoms with Crippen molar-refractivity contribution >= 4 is 11.5 Å². The van der Waals surface area contributed by atoms with Crippen LogP contribution < -0.4 is 10.1 Å². The molecule has 1 aliphatic heterocycles. The number of nitrogens with one attached hydrogen (secondary N) is 1. The predicted molar refractivity (Wildman–Crippen MR) is 97.5 cm³/mol. The second-order valence-electron chi connectivity index (χ2n) is 6.78. The zero-order valence-electron chi connectivity index (χ0n) is 15.5. The standard InChI is InChI=1S/C19H17F5N4O2/c20-17(21)30-15-9-11(19(22,23)24)5-6-13(15)16-14-4-1-7-28(14)18(27-26-16)25-12-3-2-8-29-10-12/h1,4-7,9,12,17H,2-3,8,10H2,(H,25,27)/t12-/m1/s1. The Kier molecular flexibility index (Phi) is 5.46. The van der Waals surface area contributed by atoms with Crippen LogP contribution in [0.2, 0.25) is 0 Å². The van der Waals surface area contributed by atoms with Crippen molar-refractivity contribution in [2.45, 2.75) is 31.7 Å². The SMILES string of the molecule is FC(F)Oc1cc(C(F)(F)F)ccc1-c1nnc(N[C@@H]2CCCOC2)n2cccc12. The summed E-state index contributed by atoms with van der Waals surface area (Å²) in [6, 6.07) is 5.78. The number of alkyl halides is 5. The molecule has 3 aromatic rings. The number of benzene rings is 1. The van der Waals surface area contributed by atoms with Crippen LogP contribution in [-0.4, -0.2) is 40.5 Å². The fourth-order valence-corrected chi connectivity index (χ4v) is 3.37. The summed E-state index contributed by atoms with van der Waals surface area (Å²) in [6.45, 7) is -2.09. The molecule has 0 radical (unpaired) electrons. The van der Waals surface area contributed by atoms with Gasteiger partial charge in [0.15, 0.2) is 0 Å². The molecular weight excluding hydrogens is 411 g/mol. The maximum Gasteiger partial charge on any atom is 0.416 e. The highest BCUT2D eigenvalue weighted by atomic mass is 19.4. The molecule has 0 amide bonds. The fourth-order valence-electron chi connectivity index (χ4n) is 3.37. The number of anilines is 1. The highest BCUT2D eigenvalue weighted by Crippen LogP contribution is 2.38. The first-order chi connectivity index (χ1) is 14.3. The summed E-state index contributed by atoms with van der Waals surface area (Å²) in [4.78, 5) is 0. The monoisotopic (exact) mass is 428 g/mol. The molecule has 3 heterocycles. The highest BCUT2D eigenvalue weighted by Gasteiger charge is 2.32. The number of fused-ring (bicyclic) bond motifs is 1. The topological polar surface area (TPSA) is 60.7 Å². The second kappa shape index (κ2) is 8.05. The van der Waals surface area contributed by atoms with Crippen LogP contribution in [0.3, 0.4) is 0 Å². The number of hydrogen-bond acceptors (Lipinski definition) is 5. The van der Waals surface area contributed by atoms with Gasteiger partial charge >= 0.3 is 12.8 Å². The summed E-state index contributed by atoms with van der Waals surface area (Å²) in [5.41, 5.74) is -0.526. The van der Waals surface area contributed by atoms with Gasteiger partial charge in [-0.25, -0.2) is 0 Å². The molecule has 0 aliphatic carbocycles. The average Bonchev–Trinajstić information content (AvgIpc) is 3.19. The molecule has 0 bridgehead atoms. The van der Waals surface area contributed by atoms with Crippen LogP contribution in [0.5, 0.6) is 5.75 Å². The normalized spacial score (nSPS) is 17.5. The van der Waals surface area contributed by atoms with Gasteiger partial charge in [0.25, 0.3) is 0 Å². The maximum absolute atomic E-state index is 13.0. The number of nitrogens with zero attached hydrogens (tertiary/aromatic N) is 3. The third-order valence-corrected chi connectivity index (χ3v) is 4.74. The Morgan fingerprint density at radius 2 is 2.03 bits per heavy atom. The van der Waals surface area contributed by atoms with Gasteiger partial charge in [-0.3, -0.25) is 4.40 Å². The molecule has 1 aromatic carbocycles. The molecule has 6 nitrogen and oxygen atoms in total. The first kappa shape index (κ1) is 20.3. The van der Waals surface area contributed by atoms with Crippen LogP contribution in [0.15, 0.2) is 36.5 Å². The Labute approximate surface area is 167 Å². The Balaban J connectivity index is 1.76. The van der Waals surface area contributed by atoms with E-state index in [1.807, 2.05) is 0 Å². The second-order valence-corrected chi connectivity index (χ2v) is 6.78. The third-order valence-electron chi connectivity index (χ3n) is 4.74. The quantitative estimate of drug-likeness (QED) is 0.602. The van der Waals surface area contributed by atoms with Crippen LogP contribution in [0.25, 0.3) is 16.8 Å². The molecule has 1 fully saturated rings. The van der Waals surface area contributed by atoms with E-state index >= 15 is 0 Å². The lowest BCUT2D eigenvalue weighted by atomic mass is 10.1. The van der Waals surface area contributed by atoms with Crippen molar-refractivity contribution < 1.29 is 31.4 Å².